The predicted octanol–water partition coefficient (Wildman–Crippen LogP) is 1.82. The number of hydrogen-bond donors (Lipinski definition) is 0. The molecule has 0 saturated carbocycles. The summed E-state index contributed by atoms with van der Waals surface area (Å²) in [5, 5.41) is 0. The maximum absolute atomic E-state index is 12.4. The lowest BCUT2D eigenvalue weighted by Crippen LogP contribution is -2.48. The lowest BCUT2D eigenvalue weighted by molar-refractivity contribution is 0.0652. The number of rotatable bonds is 3. The van der Waals surface area contributed by atoms with Crippen molar-refractivity contribution in [3.05, 3.63) is 35.4 Å². The molecule has 1 fully saturated rings. The Bertz CT molecular complexity index is 487. The minimum atomic E-state index is 0.0762. The van der Waals surface area contributed by atoms with E-state index >= 15 is 0 Å². The van der Waals surface area contributed by atoms with Gasteiger partial charge < -0.3 is 4.90 Å². The second kappa shape index (κ2) is 6.60. The molecule has 1 aliphatic rings. The van der Waals surface area contributed by atoms with Gasteiger partial charge in [0.05, 0.1) is 6.54 Å². The molecule has 1 aromatic carbocycles. The van der Waals surface area contributed by atoms with Gasteiger partial charge in [-0.2, -0.15) is 0 Å². The third kappa shape index (κ3) is 3.50. The standard InChI is InChI=1S/C15H17ClN2O/c1-2-6-17-7-9-18(10-8-17)15(19)14-5-3-4-13(11-14)12-16/h1,3-5,11H,6-10,12H2. The summed E-state index contributed by atoms with van der Waals surface area (Å²) in [7, 11) is 0. The van der Waals surface area contributed by atoms with Crippen LogP contribution in [0.2, 0.25) is 0 Å². The van der Waals surface area contributed by atoms with Crippen molar-refractivity contribution in [2.24, 2.45) is 0 Å². The number of alkyl halides is 1. The summed E-state index contributed by atoms with van der Waals surface area (Å²) >= 11 is 5.79. The van der Waals surface area contributed by atoms with Crippen LogP contribution in [-0.2, 0) is 5.88 Å². The molecule has 1 amide bonds. The number of nitrogens with zero attached hydrogens (tertiary/aromatic N) is 2. The molecule has 4 heteroatoms. The molecule has 0 spiro atoms. The van der Waals surface area contributed by atoms with Crippen molar-refractivity contribution in [2.45, 2.75) is 5.88 Å². The minimum Gasteiger partial charge on any atom is -0.336 e. The van der Waals surface area contributed by atoms with E-state index in [-0.39, 0.29) is 5.91 Å². The number of halogens is 1. The molecule has 0 N–H and O–H groups in total. The van der Waals surface area contributed by atoms with Crippen LogP contribution in [-0.4, -0.2) is 48.4 Å². The number of hydrogen-bond acceptors (Lipinski definition) is 2. The summed E-state index contributed by atoms with van der Waals surface area (Å²) in [5.41, 5.74) is 1.68. The summed E-state index contributed by atoms with van der Waals surface area (Å²) < 4.78 is 0. The van der Waals surface area contributed by atoms with Gasteiger partial charge >= 0.3 is 0 Å². The van der Waals surface area contributed by atoms with Gasteiger partial charge in [0, 0.05) is 37.6 Å². The zero-order valence-corrected chi connectivity index (χ0v) is 11.6. The van der Waals surface area contributed by atoms with Crippen molar-refractivity contribution < 1.29 is 4.79 Å². The third-order valence-electron chi connectivity index (χ3n) is 3.30. The topological polar surface area (TPSA) is 23.6 Å². The molecular weight excluding hydrogens is 260 g/mol. The Hall–Kier alpha value is -1.50. The summed E-state index contributed by atoms with van der Waals surface area (Å²) in [6.07, 6.45) is 5.29. The van der Waals surface area contributed by atoms with Gasteiger partial charge in [-0.15, -0.1) is 18.0 Å². The van der Waals surface area contributed by atoms with E-state index in [1.54, 1.807) is 0 Å². The molecule has 0 atom stereocenters. The van der Waals surface area contributed by atoms with Gasteiger partial charge in [0.25, 0.3) is 5.91 Å². The molecule has 0 bridgehead atoms. The average Bonchev–Trinajstić information content (AvgIpc) is 2.48. The lowest BCUT2D eigenvalue weighted by Gasteiger charge is -2.33. The highest BCUT2D eigenvalue weighted by Gasteiger charge is 2.21. The zero-order chi connectivity index (χ0) is 13.7. The van der Waals surface area contributed by atoms with Crippen LogP contribution < -0.4 is 0 Å². The molecule has 0 aromatic heterocycles. The van der Waals surface area contributed by atoms with E-state index in [0.717, 1.165) is 31.7 Å². The van der Waals surface area contributed by atoms with Crippen LogP contribution in [0.3, 0.4) is 0 Å². The van der Waals surface area contributed by atoms with E-state index < -0.39 is 0 Å². The largest absolute Gasteiger partial charge is 0.336 e. The van der Waals surface area contributed by atoms with Crippen LogP contribution >= 0.6 is 11.6 Å². The van der Waals surface area contributed by atoms with Crippen LogP contribution in [0.1, 0.15) is 15.9 Å². The van der Waals surface area contributed by atoms with Gasteiger partial charge in [-0.3, -0.25) is 9.69 Å². The summed E-state index contributed by atoms with van der Waals surface area (Å²) in [5.74, 6) is 3.14. The second-order valence-corrected chi connectivity index (χ2v) is 4.87. The van der Waals surface area contributed by atoms with Gasteiger partial charge in [-0.05, 0) is 17.7 Å². The fraction of sp³-hybridized carbons (Fsp3) is 0.400. The highest BCUT2D eigenvalue weighted by Crippen LogP contribution is 2.12. The fourth-order valence-electron chi connectivity index (χ4n) is 2.21. The number of carbonyl (C=O) groups excluding carboxylic acids is 1. The van der Waals surface area contributed by atoms with Crippen LogP contribution in [0.15, 0.2) is 24.3 Å². The van der Waals surface area contributed by atoms with Gasteiger partial charge in [-0.1, -0.05) is 18.1 Å². The Balaban J connectivity index is 1.99. The maximum atomic E-state index is 12.4. The minimum absolute atomic E-state index is 0.0762. The van der Waals surface area contributed by atoms with E-state index in [1.165, 1.54) is 0 Å². The fourth-order valence-corrected chi connectivity index (χ4v) is 2.37. The van der Waals surface area contributed by atoms with Crippen molar-refractivity contribution >= 4 is 17.5 Å². The van der Waals surface area contributed by atoms with E-state index in [0.29, 0.717) is 18.0 Å². The molecule has 1 aliphatic heterocycles. The first-order valence-corrected chi connectivity index (χ1v) is 6.88. The van der Waals surface area contributed by atoms with Gasteiger partial charge in [0.1, 0.15) is 0 Å². The first-order valence-electron chi connectivity index (χ1n) is 6.34. The van der Waals surface area contributed by atoms with Crippen molar-refractivity contribution in [1.82, 2.24) is 9.80 Å². The first kappa shape index (κ1) is 13.9. The lowest BCUT2D eigenvalue weighted by atomic mass is 10.1. The van der Waals surface area contributed by atoms with Crippen molar-refractivity contribution in [1.29, 1.82) is 0 Å². The third-order valence-corrected chi connectivity index (χ3v) is 3.61. The van der Waals surface area contributed by atoms with Gasteiger partial charge in [0.2, 0.25) is 0 Å². The van der Waals surface area contributed by atoms with E-state index in [4.69, 9.17) is 18.0 Å². The summed E-state index contributed by atoms with van der Waals surface area (Å²) in [6.45, 7) is 3.79. The summed E-state index contributed by atoms with van der Waals surface area (Å²) in [6, 6.07) is 7.50. The zero-order valence-electron chi connectivity index (χ0n) is 10.8. The highest BCUT2D eigenvalue weighted by atomic mass is 35.5. The molecular formula is C15H17ClN2O. The maximum Gasteiger partial charge on any atom is 0.253 e. The highest BCUT2D eigenvalue weighted by molar-refractivity contribution is 6.17. The molecule has 19 heavy (non-hydrogen) atoms. The number of piperazine rings is 1. The number of amides is 1. The predicted molar refractivity (Wildman–Crippen MR) is 77.2 cm³/mol. The molecule has 100 valence electrons. The molecule has 1 saturated heterocycles. The van der Waals surface area contributed by atoms with E-state index in [2.05, 4.69) is 10.8 Å². The Morgan fingerprint density at radius 3 is 2.68 bits per heavy atom. The molecule has 1 heterocycles. The van der Waals surface area contributed by atoms with E-state index in [1.807, 2.05) is 29.2 Å². The molecule has 3 nitrogen and oxygen atoms in total. The SMILES string of the molecule is C#CCN1CCN(C(=O)c2cccc(CCl)c2)CC1. The van der Waals surface area contributed by atoms with Gasteiger partial charge in [0.15, 0.2) is 0 Å². The normalized spacial score (nSPS) is 16.1. The Labute approximate surface area is 119 Å². The van der Waals surface area contributed by atoms with Crippen molar-refractivity contribution in [3.8, 4) is 12.3 Å². The average molecular weight is 277 g/mol. The van der Waals surface area contributed by atoms with Crippen molar-refractivity contribution in [3.63, 3.8) is 0 Å². The van der Waals surface area contributed by atoms with Crippen molar-refractivity contribution in [2.75, 3.05) is 32.7 Å². The molecule has 2 rings (SSSR count). The summed E-state index contributed by atoms with van der Waals surface area (Å²) in [4.78, 5) is 16.4. The molecule has 0 aliphatic carbocycles. The first-order chi connectivity index (χ1) is 9.24. The molecule has 1 aromatic rings. The van der Waals surface area contributed by atoms with Crippen LogP contribution in [0.5, 0.6) is 0 Å². The Morgan fingerprint density at radius 2 is 2.05 bits per heavy atom. The smallest absolute Gasteiger partial charge is 0.253 e. The van der Waals surface area contributed by atoms with Crippen LogP contribution in [0, 0.1) is 12.3 Å². The van der Waals surface area contributed by atoms with Crippen LogP contribution in [0.25, 0.3) is 0 Å². The monoisotopic (exact) mass is 276 g/mol. The molecule has 0 radical (unpaired) electrons. The quantitative estimate of drug-likeness (QED) is 0.621. The van der Waals surface area contributed by atoms with E-state index in [9.17, 15) is 4.79 Å². The number of carbonyl (C=O) groups is 1. The Morgan fingerprint density at radius 1 is 1.32 bits per heavy atom. The number of benzene rings is 1. The molecule has 0 unspecified atom stereocenters. The Kier molecular flexibility index (Phi) is 4.84. The van der Waals surface area contributed by atoms with Gasteiger partial charge in [-0.25, -0.2) is 0 Å². The van der Waals surface area contributed by atoms with Crippen LogP contribution in [0.4, 0.5) is 0 Å². The second-order valence-electron chi connectivity index (χ2n) is 4.61. The number of terminal acetylenes is 1.